The van der Waals surface area contributed by atoms with E-state index >= 15 is 0 Å². The third kappa shape index (κ3) is 7.70. The van der Waals surface area contributed by atoms with Crippen molar-refractivity contribution in [1.29, 1.82) is 5.26 Å². The van der Waals surface area contributed by atoms with Crippen molar-refractivity contribution in [2.24, 2.45) is 0 Å². The first kappa shape index (κ1) is 32.2. The fourth-order valence-corrected chi connectivity index (χ4v) is 5.57. The van der Waals surface area contributed by atoms with Gasteiger partial charge in [-0.15, -0.1) is 0 Å². The van der Waals surface area contributed by atoms with Gasteiger partial charge < -0.3 is 30.5 Å². The summed E-state index contributed by atoms with van der Waals surface area (Å²) in [4.78, 5) is 40.1. The first-order chi connectivity index (χ1) is 22.1. The molecule has 0 bridgehead atoms. The molecule has 0 aliphatic carbocycles. The fourth-order valence-electron chi connectivity index (χ4n) is 5.57. The van der Waals surface area contributed by atoms with Crippen LogP contribution in [0, 0.1) is 17.1 Å². The Hall–Kier alpha value is -5.22. The van der Waals surface area contributed by atoms with E-state index in [9.17, 15) is 19.2 Å². The van der Waals surface area contributed by atoms with Gasteiger partial charge in [0.25, 0.3) is 0 Å². The van der Waals surface area contributed by atoms with Gasteiger partial charge in [0.15, 0.2) is 5.82 Å². The molecular weight excluding hydrogens is 589 g/mol. The molecule has 46 heavy (non-hydrogen) atoms. The van der Waals surface area contributed by atoms with Crippen molar-refractivity contribution in [3.05, 3.63) is 66.6 Å². The summed E-state index contributed by atoms with van der Waals surface area (Å²) >= 11 is 0. The number of rotatable bonds is 10. The van der Waals surface area contributed by atoms with Crippen molar-refractivity contribution in [1.82, 2.24) is 19.8 Å². The SMILES string of the molecule is C=CC(=O)Nc1cc(N2CCC(N3CCN(C)CC3=O)CC2)ccc1Nc1ncc(C#N)c(Nc2ccc(F)cc2OC(C)C)n1. The average molecular weight is 628 g/mol. The molecule has 0 saturated carbocycles. The summed E-state index contributed by atoms with van der Waals surface area (Å²) < 4.78 is 19.7. The van der Waals surface area contributed by atoms with E-state index in [1.54, 1.807) is 0 Å². The first-order valence-corrected chi connectivity index (χ1v) is 15.2. The summed E-state index contributed by atoms with van der Waals surface area (Å²) in [5, 5.41) is 18.8. The Balaban J connectivity index is 1.35. The minimum absolute atomic E-state index is 0.162. The normalized spacial score (nSPS) is 15.8. The summed E-state index contributed by atoms with van der Waals surface area (Å²) in [5.74, 6) is -0.0355. The van der Waals surface area contributed by atoms with E-state index in [4.69, 9.17) is 4.74 Å². The number of hydrogen-bond donors (Lipinski definition) is 3. The van der Waals surface area contributed by atoms with Crippen LogP contribution in [-0.2, 0) is 9.59 Å². The van der Waals surface area contributed by atoms with E-state index < -0.39 is 5.82 Å². The van der Waals surface area contributed by atoms with E-state index in [1.807, 2.05) is 48.9 Å². The number of benzene rings is 2. The van der Waals surface area contributed by atoms with Gasteiger partial charge in [-0.25, -0.2) is 9.37 Å². The zero-order valence-corrected chi connectivity index (χ0v) is 26.2. The Bertz CT molecular complexity index is 1650. The van der Waals surface area contributed by atoms with Crippen LogP contribution in [0.2, 0.25) is 0 Å². The van der Waals surface area contributed by atoms with Crippen molar-refractivity contribution < 1.29 is 18.7 Å². The molecule has 12 nitrogen and oxygen atoms in total. The molecule has 0 atom stereocenters. The second kappa shape index (κ2) is 14.3. The van der Waals surface area contributed by atoms with Gasteiger partial charge in [0, 0.05) is 44.0 Å². The zero-order chi connectivity index (χ0) is 32.8. The molecule has 2 aliphatic heterocycles. The highest BCUT2D eigenvalue weighted by molar-refractivity contribution is 6.02. The third-order valence-electron chi connectivity index (χ3n) is 7.88. The minimum atomic E-state index is -0.459. The largest absolute Gasteiger partial charge is 0.489 e. The summed E-state index contributed by atoms with van der Waals surface area (Å²) in [5.41, 5.74) is 2.54. The maximum atomic E-state index is 14.0. The quantitative estimate of drug-likeness (QED) is 0.273. The monoisotopic (exact) mass is 627 g/mol. The molecule has 13 heteroatoms. The summed E-state index contributed by atoms with van der Waals surface area (Å²) in [6, 6.07) is 12.0. The van der Waals surface area contributed by atoms with Gasteiger partial charge in [0.05, 0.1) is 35.9 Å². The van der Waals surface area contributed by atoms with Crippen molar-refractivity contribution in [2.45, 2.75) is 38.8 Å². The molecule has 1 aromatic heterocycles. The number of hydrogen-bond acceptors (Lipinski definition) is 10. The van der Waals surface area contributed by atoms with Crippen molar-refractivity contribution >= 4 is 46.3 Å². The van der Waals surface area contributed by atoms with Gasteiger partial charge in [-0.05, 0) is 70.1 Å². The maximum Gasteiger partial charge on any atom is 0.247 e. The first-order valence-electron chi connectivity index (χ1n) is 15.2. The van der Waals surface area contributed by atoms with Gasteiger partial charge >= 0.3 is 0 Å². The van der Waals surface area contributed by atoms with E-state index in [2.05, 4.69) is 43.5 Å². The number of aromatic nitrogens is 2. The van der Waals surface area contributed by atoms with Crippen LogP contribution in [0.25, 0.3) is 0 Å². The van der Waals surface area contributed by atoms with Gasteiger partial charge in [-0.1, -0.05) is 6.58 Å². The van der Waals surface area contributed by atoms with Crippen LogP contribution < -0.4 is 25.6 Å². The van der Waals surface area contributed by atoms with Crippen LogP contribution in [0.1, 0.15) is 32.3 Å². The topological polar surface area (TPSA) is 139 Å². The lowest BCUT2D eigenvalue weighted by molar-refractivity contribution is -0.138. The number of likely N-dealkylation sites (N-methyl/N-ethyl adjacent to an activating group) is 1. The Morgan fingerprint density at radius 1 is 1.11 bits per heavy atom. The highest BCUT2D eigenvalue weighted by Gasteiger charge is 2.31. The molecule has 0 spiro atoms. The number of nitrogens with zero attached hydrogens (tertiary/aromatic N) is 6. The lowest BCUT2D eigenvalue weighted by Crippen LogP contribution is -2.55. The van der Waals surface area contributed by atoms with Crippen LogP contribution in [0.4, 0.5) is 38.9 Å². The molecule has 0 unspecified atom stereocenters. The highest BCUT2D eigenvalue weighted by atomic mass is 19.1. The Morgan fingerprint density at radius 3 is 2.57 bits per heavy atom. The average Bonchev–Trinajstić information content (AvgIpc) is 3.03. The Kier molecular flexibility index (Phi) is 9.97. The summed E-state index contributed by atoms with van der Waals surface area (Å²) in [7, 11) is 1.97. The molecular formula is C33H38FN9O3. The van der Waals surface area contributed by atoms with Crippen molar-refractivity contribution in [3.63, 3.8) is 0 Å². The lowest BCUT2D eigenvalue weighted by Gasteiger charge is -2.42. The number of piperazine rings is 1. The molecule has 5 rings (SSSR count). The number of anilines is 6. The van der Waals surface area contributed by atoms with Crippen LogP contribution in [-0.4, -0.2) is 83.5 Å². The Labute approximate surface area is 267 Å². The van der Waals surface area contributed by atoms with Crippen molar-refractivity contribution in [2.75, 3.05) is 60.6 Å². The number of amides is 2. The number of ether oxygens (including phenoxy) is 1. The molecule has 3 aromatic rings. The molecule has 2 amide bonds. The summed E-state index contributed by atoms with van der Waals surface area (Å²) in [6.07, 6.45) is 4.07. The number of carbonyl (C=O) groups excluding carboxylic acids is 2. The molecule has 2 aromatic carbocycles. The van der Waals surface area contributed by atoms with E-state index in [0.717, 1.165) is 44.7 Å². The molecule has 240 valence electrons. The van der Waals surface area contributed by atoms with E-state index in [-0.39, 0.29) is 47.0 Å². The molecule has 3 N–H and O–H groups in total. The second-order valence-electron chi connectivity index (χ2n) is 11.6. The molecule has 0 radical (unpaired) electrons. The number of nitrogens with one attached hydrogen (secondary N) is 3. The predicted octanol–water partition coefficient (Wildman–Crippen LogP) is 4.63. The lowest BCUT2D eigenvalue weighted by atomic mass is 10.0. The number of nitriles is 1. The molecule has 2 fully saturated rings. The fraction of sp³-hybridized carbons (Fsp3) is 0.364. The molecule has 2 saturated heterocycles. The van der Waals surface area contributed by atoms with Crippen molar-refractivity contribution in [3.8, 4) is 11.8 Å². The summed E-state index contributed by atoms with van der Waals surface area (Å²) in [6.45, 7) is 10.9. The maximum absolute atomic E-state index is 14.0. The predicted molar refractivity (Wildman–Crippen MR) is 175 cm³/mol. The standard InChI is InChI=1S/C33H38FN9O3/c1-5-30(44)37-28-17-25(42-12-10-24(11-13-42)43-15-14-41(4)20-31(43)45)7-9-26(28)39-33-36-19-22(18-35)32(40-33)38-27-8-6-23(34)16-29(27)46-21(2)3/h5-9,16-17,19,21,24H,1,10-15,20H2,2-4H3,(H,37,44)(H2,36,38,39,40). The minimum Gasteiger partial charge on any atom is -0.489 e. The second-order valence-corrected chi connectivity index (χ2v) is 11.6. The van der Waals surface area contributed by atoms with E-state index in [1.165, 1.54) is 30.5 Å². The number of piperidine rings is 1. The van der Waals surface area contributed by atoms with Gasteiger partial charge in [-0.3, -0.25) is 14.5 Å². The highest BCUT2D eigenvalue weighted by Crippen LogP contribution is 2.34. The van der Waals surface area contributed by atoms with Crippen LogP contribution in [0.15, 0.2) is 55.3 Å². The van der Waals surface area contributed by atoms with Crippen LogP contribution in [0.3, 0.4) is 0 Å². The van der Waals surface area contributed by atoms with Gasteiger partial charge in [0.2, 0.25) is 17.8 Å². The van der Waals surface area contributed by atoms with Gasteiger partial charge in [-0.2, -0.15) is 10.2 Å². The van der Waals surface area contributed by atoms with Crippen LogP contribution >= 0.6 is 0 Å². The van der Waals surface area contributed by atoms with Crippen LogP contribution in [0.5, 0.6) is 5.75 Å². The number of halogens is 1. The zero-order valence-electron chi connectivity index (χ0n) is 26.2. The number of carbonyl (C=O) groups is 2. The van der Waals surface area contributed by atoms with Gasteiger partial charge in [0.1, 0.15) is 23.2 Å². The molecule has 3 heterocycles. The smallest absolute Gasteiger partial charge is 0.247 e. The Morgan fingerprint density at radius 2 is 1.87 bits per heavy atom. The molecule has 2 aliphatic rings. The van der Waals surface area contributed by atoms with E-state index in [0.29, 0.717) is 23.6 Å². The third-order valence-corrected chi connectivity index (χ3v) is 7.88.